The molecule has 9 nitrogen and oxygen atoms in total. The van der Waals surface area contributed by atoms with E-state index >= 15 is 0 Å². The van der Waals surface area contributed by atoms with Crippen LogP contribution < -0.4 is 5.73 Å². The zero-order chi connectivity index (χ0) is 27.3. The first-order valence-corrected chi connectivity index (χ1v) is 15.6. The number of nitrogen functional groups attached to an aromatic ring is 1. The molecule has 1 unspecified atom stereocenters. The maximum absolute atomic E-state index is 7.07. The quantitative estimate of drug-likeness (QED) is 0.539. The second-order valence-electron chi connectivity index (χ2n) is 12.8. The van der Waals surface area contributed by atoms with Gasteiger partial charge in [-0.25, -0.2) is 9.97 Å². The van der Waals surface area contributed by atoms with Gasteiger partial charge in [0.1, 0.15) is 23.8 Å². The third kappa shape index (κ3) is 5.99. The van der Waals surface area contributed by atoms with Crippen molar-refractivity contribution in [2.24, 2.45) is 0 Å². The fraction of sp³-hybridized carbons (Fsp3) is 0.731. The molecular formula is C26H45N5O4Si. The first kappa shape index (κ1) is 28.7. The molecule has 0 saturated carbocycles. The second kappa shape index (κ2) is 9.79. The van der Waals surface area contributed by atoms with Gasteiger partial charge in [0, 0.05) is 0 Å². The van der Waals surface area contributed by atoms with Crippen LogP contribution in [0.1, 0.15) is 68.0 Å². The number of fused-ring (bicyclic) bond motifs is 1. The van der Waals surface area contributed by atoms with Gasteiger partial charge in [-0.3, -0.25) is 4.57 Å². The minimum atomic E-state index is -1.75. The molecule has 2 aromatic rings. The minimum Gasteiger partial charge on any atom is -0.373 e. The number of ether oxygens (including phenoxy) is 4. The van der Waals surface area contributed by atoms with E-state index in [0.717, 1.165) is 0 Å². The molecule has 0 aliphatic carbocycles. The highest BCUT2D eigenvalue weighted by molar-refractivity contribution is 6.58. The largest absolute Gasteiger partial charge is 0.373 e. The summed E-state index contributed by atoms with van der Waals surface area (Å²) in [5.41, 5.74) is 6.67. The van der Waals surface area contributed by atoms with E-state index in [1.807, 2.05) is 46.1 Å². The molecule has 202 valence electrons. The Balaban J connectivity index is 2.28. The summed E-state index contributed by atoms with van der Waals surface area (Å²) in [6.07, 6.45) is 2.19. The Bertz CT molecular complexity index is 1080. The summed E-state index contributed by atoms with van der Waals surface area (Å²) in [5.74, 6) is 0.154. The van der Waals surface area contributed by atoms with Crippen molar-refractivity contribution in [1.82, 2.24) is 19.5 Å². The van der Waals surface area contributed by atoms with E-state index < -0.39 is 37.6 Å². The van der Waals surface area contributed by atoms with E-state index in [2.05, 4.69) is 55.4 Å². The predicted octanol–water partition coefficient (Wildman–Crippen LogP) is 4.31. The van der Waals surface area contributed by atoms with Gasteiger partial charge in [0.05, 0.1) is 44.2 Å². The number of hydrogen-bond donors (Lipinski definition) is 1. The lowest BCUT2D eigenvalue weighted by molar-refractivity contribution is -0.174. The van der Waals surface area contributed by atoms with E-state index in [-0.39, 0.29) is 17.7 Å². The standard InChI is InChI=1S/C26H45N5O4Si/c1-13-16-18-21(30-22(27)29-16)31(15-28-18)26(36(11)12)20(35-25(8,9)10)19(34-24(5,6)7)17(33-26)14-32-23(2,3)4/h13,15,17,19-20,36H,1,14H2,2-12H3,(H2,27,29,30)/t17-,19-,20-,26?/m1/s1. The summed E-state index contributed by atoms with van der Waals surface area (Å²) in [7, 11) is -1.75. The number of nitrogens with two attached hydrogens (primary N) is 1. The van der Waals surface area contributed by atoms with Crippen LogP contribution in [-0.4, -0.2) is 70.0 Å². The van der Waals surface area contributed by atoms with Gasteiger partial charge >= 0.3 is 0 Å². The van der Waals surface area contributed by atoms with Crippen LogP contribution in [0.4, 0.5) is 5.95 Å². The van der Waals surface area contributed by atoms with Crippen LogP contribution in [0.5, 0.6) is 0 Å². The fourth-order valence-electron chi connectivity index (χ4n) is 4.62. The Morgan fingerprint density at radius 3 is 2.17 bits per heavy atom. The van der Waals surface area contributed by atoms with Gasteiger partial charge in [0.15, 0.2) is 11.0 Å². The Hall–Kier alpha value is -1.85. The first-order valence-electron chi connectivity index (χ1n) is 12.7. The number of hydrogen-bond acceptors (Lipinski definition) is 8. The second-order valence-corrected chi connectivity index (χ2v) is 15.9. The number of imidazole rings is 1. The summed E-state index contributed by atoms with van der Waals surface area (Å²) in [6.45, 7) is 27.1. The molecule has 1 fully saturated rings. The average Bonchev–Trinajstić information content (AvgIpc) is 3.23. The van der Waals surface area contributed by atoms with Crippen LogP contribution in [-0.2, 0) is 24.3 Å². The van der Waals surface area contributed by atoms with Gasteiger partial charge in [0.2, 0.25) is 5.95 Å². The molecule has 4 atom stereocenters. The van der Waals surface area contributed by atoms with Crippen molar-refractivity contribution in [1.29, 1.82) is 0 Å². The molecule has 1 aliphatic rings. The van der Waals surface area contributed by atoms with Gasteiger partial charge in [-0.05, 0) is 68.4 Å². The lowest BCUT2D eigenvalue weighted by atomic mass is 10.1. The molecule has 0 amide bonds. The zero-order valence-electron chi connectivity index (χ0n) is 23.9. The topological polar surface area (TPSA) is 107 Å². The zero-order valence-corrected chi connectivity index (χ0v) is 25.0. The van der Waals surface area contributed by atoms with Crippen molar-refractivity contribution in [2.75, 3.05) is 12.3 Å². The molecule has 0 bridgehead atoms. The van der Waals surface area contributed by atoms with Crippen molar-refractivity contribution >= 4 is 32.0 Å². The Morgan fingerprint density at radius 1 is 1.06 bits per heavy atom. The van der Waals surface area contributed by atoms with Crippen molar-refractivity contribution in [3.8, 4) is 0 Å². The van der Waals surface area contributed by atoms with Gasteiger partial charge < -0.3 is 24.7 Å². The van der Waals surface area contributed by atoms with Crippen LogP contribution in [0.25, 0.3) is 17.2 Å². The Morgan fingerprint density at radius 2 is 1.67 bits per heavy atom. The molecule has 2 N–H and O–H groups in total. The maximum atomic E-state index is 7.07. The summed E-state index contributed by atoms with van der Waals surface area (Å²) in [4.78, 5) is 13.6. The van der Waals surface area contributed by atoms with E-state index in [0.29, 0.717) is 23.5 Å². The summed E-state index contributed by atoms with van der Waals surface area (Å²) < 4.78 is 28.9. The molecule has 36 heavy (non-hydrogen) atoms. The molecule has 1 aliphatic heterocycles. The predicted molar refractivity (Wildman–Crippen MR) is 147 cm³/mol. The molecule has 0 aromatic carbocycles. The summed E-state index contributed by atoms with van der Waals surface area (Å²) >= 11 is 0. The SMILES string of the molecule is C=Cc1nc(N)nc2c1ncn2C1([SiH](C)C)O[C@H](COC(C)(C)C)[C@@H](OC(C)(C)C)[C@H]1OC(C)(C)C. The lowest BCUT2D eigenvalue weighted by Gasteiger charge is -2.42. The van der Waals surface area contributed by atoms with Crippen molar-refractivity contribution in [3.05, 3.63) is 18.6 Å². The van der Waals surface area contributed by atoms with Crippen molar-refractivity contribution < 1.29 is 18.9 Å². The Labute approximate surface area is 217 Å². The third-order valence-electron chi connectivity index (χ3n) is 5.90. The Kier molecular flexibility index (Phi) is 7.81. The van der Waals surface area contributed by atoms with Crippen molar-refractivity contribution in [3.63, 3.8) is 0 Å². The van der Waals surface area contributed by atoms with Crippen LogP contribution >= 0.6 is 0 Å². The van der Waals surface area contributed by atoms with E-state index in [9.17, 15) is 0 Å². The average molecular weight is 520 g/mol. The molecule has 10 heteroatoms. The monoisotopic (exact) mass is 519 g/mol. The molecule has 1 saturated heterocycles. The minimum absolute atomic E-state index is 0.154. The number of anilines is 1. The van der Waals surface area contributed by atoms with Gasteiger partial charge in [-0.2, -0.15) is 4.98 Å². The molecule has 3 heterocycles. The van der Waals surface area contributed by atoms with E-state index in [4.69, 9.17) is 24.7 Å². The summed E-state index contributed by atoms with van der Waals surface area (Å²) in [5, 5.41) is -0.872. The highest BCUT2D eigenvalue weighted by atomic mass is 28.3. The van der Waals surface area contributed by atoms with Gasteiger partial charge in [0.25, 0.3) is 0 Å². The van der Waals surface area contributed by atoms with Crippen LogP contribution in [0.2, 0.25) is 13.1 Å². The fourth-order valence-corrected chi connectivity index (χ4v) is 6.73. The highest BCUT2D eigenvalue weighted by Crippen LogP contribution is 2.45. The first-order chi connectivity index (χ1) is 16.4. The van der Waals surface area contributed by atoms with Crippen LogP contribution in [0.15, 0.2) is 12.9 Å². The van der Waals surface area contributed by atoms with E-state index in [1.165, 1.54) is 0 Å². The van der Waals surface area contributed by atoms with Gasteiger partial charge in [-0.1, -0.05) is 19.7 Å². The van der Waals surface area contributed by atoms with Crippen LogP contribution in [0.3, 0.4) is 0 Å². The van der Waals surface area contributed by atoms with Crippen LogP contribution in [0, 0.1) is 0 Å². The third-order valence-corrected chi connectivity index (χ3v) is 8.30. The highest BCUT2D eigenvalue weighted by Gasteiger charge is 2.61. The number of rotatable bonds is 7. The molecular weight excluding hydrogens is 474 g/mol. The maximum Gasteiger partial charge on any atom is 0.222 e. The van der Waals surface area contributed by atoms with Crippen molar-refractivity contribution in [2.45, 2.75) is 116 Å². The number of aromatic nitrogens is 4. The number of nitrogens with zero attached hydrogens (tertiary/aromatic N) is 4. The molecule has 0 radical (unpaired) electrons. The molecule has 2 aromatic heterocycles. The smallest absolute Gasteiger partial charge is 0.222 e. The summed E-state index contributed by atoms with van der Waals surface area (Å²) in [6, 6.07) is 0. The van der Waals surface area contributed by atoms with E-state index in [1.54, 1.807) is 12.4 Å². The molecule has 0 spiro atoms. The molecule has 3 rings (SSSR count). The normalized spacial score (nSPS) is 25.7. The van der Waals surface area contributed by atoms with Gasteiger partial charge in [-0.15, -0.1) is 0 Å². The lowest BCUT2D eigenvalue weighted by Crippen LogP contribution is -2.58.